The van der Waals surface area contributed by atoms with Crippen LogP contribution in [0.4, 0.5) is 5.82 Å². The maximum atomic E-state index is 9.93. The van der Waals surface area contributed by atoms with Crippen LogP contribution in [-0.4, -0.2) is 61.9 Å². The lowest BCUT2D eigenvalue weighted by atomic mass is 10.0. The van der Waals surface area contributed by atoms with Gasteiger partial charge in [0.2, 0.25) is 0 Å². The summed E-state index contributed by atoms with van der Waals surface area (Å²) in [5, 5.41) is 15.8. The van der Waals surface area contributed by atoms with Gasteiger partial charge in [-0.05, 0) is 22.3 Å². The van der Waals surface area contributed by atoms with Gasteiger partial charge in [0.25, 0.3) is 0 Å². The van der Waals surface area contributed by atoms with Crippen LogP contribution in [-0.2, 0) is 11.3 Å². The number of hydrogen-bond acceptors (Lipinski definition) is 7. The topological polar surface area (TPSA) is 88.3 Å². The zero-order chi connectivity index (χ0) is 22.8. The molecule has 3 heterocycles. The normalized spacial score (nSPS) is 19.5. The summed E-state index contributed by atoms with van der Waals surface area (Å²) in [6, 6.07) is 14.9. The monoisotopic (exact) mass is 446 g/mol. The highest BCUT2D eigenvalue weighted by molar-refractivity contribution is 5.85. The van der Waals surface area contributed by atoms with Crippen LogP contribution in [0.2, 0.25) is 0 Å². The van der Waals surface area contributed by atoms with Crippen molar-refractivity contribution in [1.29, 1.82) is 0 Å². The second-order valence-electron chi connectivity index (χ2n) is 9.05. The lowest BCUT2D eigenvalue weighted by Crippen LogP contribution is -2.46. The van der Waals surface area contributed by atoms with E-state index in [-0.39, 0.29) is 18.9 Å². The van der Waals surface area contributed by atoms with Crippen molar-refractivity contribution in [2.24, 2.45) is 5.92 Å². The quantitative estimate of drug-likeness (QED) is 0.450. The van der Waals surface area contributed by atoms with Gasteiger partial charge >= 0.3 is 0 Å². The summed E-state index contributed by atoms with van der Waals surface area (Å²) in [4.78, 5) is 15.8. The molecule has 1 saturated heterocycles. The van der Waals surface area contributed by atoms with E-state index in [2.05, 4.69) is 81.5 Å². The molecule has 2 atom stereocenters. The van der Waals surface area contributed by atoms with Crippen molar-refractivity contribution < 1.29 is 9.84 Å². The Hall–Kier alpha value is -3.07. The average molecular weight is 447 g/mol. The number of fused-ring (bicyclic) bond motifs is 2. The molecule has 5 rings (SSSR count). The van der Waals surface area contributed by atoms with E-state index in [0.717, 1.165) is 30.1 Å². The van der Waals surface area contributed by atoms with Crippen molar-refractivity contribution in [1.82, 2.24) is 24.4 Å². The number of ether oxygens (including phenoxy) is 1. The molecule has 0 radical (unpaired) electrons. The molecule has 2 N–H and O–H groups in total. The fourth-order valence-corrected chi connectivity index (χ4v) is 4.44. The van der Waals surface area contributed by atoms with Crippen LogP contribution in [0, 0.1) is 5.92 Å². The maximum Gasteiger partial charge on any atom is 0.167 e. The molecule has 4 aromatic rings. The average Bonchev–Trinajstić information content (AvgIpc) is 3.27. The molecule has 1 aliphatic heterocycles. The Labute approximate surface area is 193 Å². The predicted molar refractivity (Wildman–Crippen MR) is 129 cm³/mol. The third-order valence-electron chi connectivity index (χ3n) is 6.05. The molecular formula is C25H30N6O2. The highest BCUT2D eigenvalue weighted by atomic mass is 16.5. The van der Waals surface area contributed by atoms with Crippen LogP contribution in [0.5, 0.6) is 0 Å². The Morgan fingerprint density at radius 3 is 2.79 bits per heavy atom. The summed E-state index contributed by atoms with van der Waals surface area (Å²) in [5.41, 5.74) is 2.72. The summed E-state index contributed by atoms with van der Waals surface area (Å²) >= 11 is 0. The van der Waals surface area contributed by atoms with Gasteiger partial charge in [-0.25, -0.2) is 15.0 Å². The molecule has 0 unspecified atom stereocenters. The Bertz CT molecular complexity index is 1230. The lowest BCUT2D eigenvalue weighted by Gasteiger charge is -2.38. The number of morpholine rings is 1. The first-order valence-electron chi connectivity index (χ1n) is 11.5. The summed E-state index contributed by atoms with van der Waals surface area (Å²) < 4.78 is 8.19. The van der Waals surface area contributed by atoms with Gasteiger partial charge in [0.15, 0.2) is 17.0 Å². The van der Waals surface area contributed by atoms with E-state index in [1.54, 1.807) is 12.7 Å². The molecule has 172 valence electrons. The summed E-state index contributed by atoms with van der Waals surface area (Å²) in [5.74, 6) is 1.22. The third-order valence-corrected chi connectivity index (χ3v) is 6.05. The van der Waals surface area contributed by atoms with Gasteiger partial charge < -0.3 is 15.2 Å². The molecule has 1 fully saturated rings. The fraction of sp³-hybridized carbons (Fsp3) is 0.400. The molecule has 8 heteroatoms. The number of nitrogens with one attached hydrogen (secondary N) is 1. The van der Waals surface area contributed by atoms with Gasteiger partial charge in [-0.15, -0.1) is 0 Å². The molecule has 2 aromatic heterocycles. The van der Waals surface area contributed by atoms with Crippen molar-refractivity contribution in [3.05, 3.63) is 60.7 Å². The van der Waals surface area contributed by atoms with Crippen LogP contribution in [0.1, 0.15) is 25.6 Å². The predicted octanol–water partition coefficient (Wildman–Crippen LogP) is 3.44. The molecule has 0 aliphatic carbocycles. The van der Waals surface area contributed by atoms with E-state index in [1.807, 2.05) is 4.57 Å². The highest BCUT2D eigenvalue weighted by Crippen LogP contribution is 2.28. The Balaban J connectivity index is 1.42. The number of imidazole rings is 1. The number of hydrogen-bond donors (Lipinski definition) is 2. The summed E-state index contributed by atoms with van der Waals surface area (Å²) in [7, 11) is 0. The minimum atomic E-state index is -0.302. The van der Waals surface area contributed by atoms with E-state index in [1.165, 1.54) is 16.3 Å². The van der Waals surface area contributed by atoms with Crippen LogP contribution < -0.4 is 5.32 Å². The van der Waals surface area contributed by atoms with Gasteiger partial charge in [-0.3, -0.25) is 9.47 Å². The number of aliphatic hydroxyl groups excluding tert-OH is 1. The first kappa shape index (κ1) is 21.8. The number of benzene rings is 2. The smallest absolute Gasteiger partial charge is 0.167 e. The van der Waals surface area contributed by atoms with Crippen LogP contribution in [0.25, 0.3) is 21.9 Å². The number of aliphatic hydroxyl groups is 1. The molecule has 0 bridgehead atoms. The molecular weight excluding hydrogens is 416 g/mol. The van der Waals surface area contributed by atoms with Crippen molar-refractivity contribution in [2.45, 2.75) is 32.7 Å². The third kappa shape index (κ3) is 4.55. The molecule has 0 spiro atoms. The van der Waals surface area contributed by atoms with Crippen molar-refractivity contribution in [3.8, 4) is 0 Å². The number of nitrogens with zero attached hydrogens (tertiary/aromatic N) is 5. The standard InChI is InChI=1S/C25H30N6O2/c1-17(2)10-26-24-23-25(28-15-27-24)31(16-29-23)22-13-30(12-20(14-32)33-22)11-19-8-5-7-18-6-3-4-9-21(18)19/h3-9,15-17,20,22,32H,10-14H2,1-2H3,(H,26,27,28)/t20-,22+/m0/s1. The molecule has 0 saturated carbocycles. The van der Waals surface area contributed by atoms with E-state index in [9.17, 15) is 5.11 Å². The molecule has 1 aliphatic rings. The fourth-order valence-electron chi connectivity index (χ4n) is 4.44. The van der Waals surface area contributed by atoms with Crippen molar-refractivity contribution in [3.63, 3.8) is 0 Å². The molecule has 0 amide bonds. The largest absolute Gasteiger partial charge is 0.394 e. The minimum absolute atomic E-state index is 0.0364. The van der Waals surface area contributed by atoms with E-state index in [0.29, 0.717) is 19.0 Å². The van der Waals surface area contributed by atoms with Crippen molar-refractivity contribution in [2.75, 3.05) is 31.6 Å². The molecule has 8 nitrogen and oxygen atoms in total. The van der Waals surface area contributed by atoms with Gasteiger partial charge in [0.05, 0.1) is 19.0 Å². The van der Waals surface area contributed by atoms with Crippen LogP contribution >= 0.6 is 0 Å². The van der Waals surface area contributed by atoms with Gasteiger partial charge in [-0.1, -0.05) is 56.3 Å². The first-order valence-corrected chi connectivity index (χ1v) is 11.5. The van der Waals surface area contributed by atoms with Crippen LogP contribution in [0.15, 0.2) is 55.1 Å². The number of rotatable bonds is 7. The second-order valence-corrected chi connectivity index (χ2v) is 9.05. The zero-order valence-electron chi connectivity index (χ0n) is 19.1. The lowest BCUT2D eigenvalue weighted by molar-refractivity contribution is -0.135. The van der Waals surface area contributed by atoms with Gasteiger partial charge in [-0.2, -0.15) is 0 Å². The summed E-state index contributed by atoms with van der Waals surface area (Å²) in [6.45, 7) is 7.19. The van der Waals surface area contributed by atoms with E-state index < -0.39 is 0 Å². The number of aromatic nitrogens is 4. The summed E-state index contributed by atoms with van der Waals surface area (Å²) in [6.07, 6.45) is 2.74. The van der Waals surface area contributed by atoms with Crippen molar-refractivity contribution >= 4 is 27.8 Å². The SMILES string of the molecule is CC(C)CNc1ncnc2c1ncn2[C@H]1CN(Cc2cccc3ccccc23)C[C@@H](CO)O1. The molecule has 33 heavy (non-hydrogen) atoms. The maximum absolute atomic E-state index is 9.93. The first-order chi connectivity index (χ1) is 16.1. The van der Waals surface area contributed by atoms with Gasteiger partial charge in [0, 0.05) is 26.2 Å². The Kier molecular flexibility index (Phi) is 6.22. The Morgan fingerprint density at radius 2 is 1.94 bits per heavy atom. The second kappa shape index (κ2) is 9.43. The van der Waals surface area contributed by atoms with E-state index >= 15 is 0 Å². The highest BCUT2D eigenvalue weighted by Gasteiger charge is 2.30. The zero-order valence-corrected chi connectivity index (χ0v) is 19.1. The molecule has 2 aromatic carbocycles. The van der Waals surface area contributed by atoms with E-state index in [4.69, 9.17) is 4.74 Å². The van der Waals surface area contributed by atoms with Crippen LogP contribution in [0.3, 0.4) is 0 Å². The Morgan fingerprint density at radius 1 is 1.09 bits per heavy atom. The van der Waals surface area contributed by atoms with Gasteiger partial charge in [0.1, 0.15) is 12.6 Å². The number of anilines is 1. The minimum Gasteiger partial charge on any atom is -0.394 e.